The van der Waals surface area contributed by atoms with Crippen molar-refractivity contribution >= 4 is 11.6 Å². The van der Waals surface area contributed by atoms with Crippen LogP contribution in [0.4, 0.5) is 5.69 Å². The fraction of sp³-hybridized carbons (Fsp3) is 0.222. The summed E-state index contributed by atoms with van der Waals surface area (Å²) in [4.78, 5) is 3.94. The quantitative estimate of drug-likeness (QED) is 0.507. The minimum atomic E-state index is 0.100. The number of nitrogens with zero attached hydrogens (tertiary/aromatic N) is 1. The van der Waals surface area contributed by atoms with Crippen LogP contribution in [0.1, 0.15) is 12.5 Å². The predicted octanol–water partition coefficient (Wildman–Crippen LogP) is 1.15. The van der Waals surface area contributed by atoms with Gasteiger partial charge in [-0.25, -0.2) is 4.99 Å². The first-order valence-electron chi connectivity index (χ1n) is 3.91. The maximum absolute atomic E-state index is 5.24. The predicted molar refractivity (Wildman–Crippen MR) is 51.3 cm³/mol. The van der Waals surface area contributed by atoms with Crippen molar-refractivity contribution in [3.63, 3.8) is 0 Å². The van der Waals surface area contributed by atoms with E-state index in [1.807, 2.05) is 24.3 Å². The second kappa shape index (κ2) is 3.76. The second-order valence-corrected chi connectivity index (χ2v) is 2.56. The number of aliphatic imine (C=N–C) groups is 1. The van der Waals surface area contributed by atoms with Crippen molar-refractivity contribution in [1.82, 2.24) is 0 Å². The van der Waals surface area contributed by atoms with Crippen LogP contribution < -0.4 is 11.5 Å². The van der Waals surface area contributed by atoms with Gasteiger partial charge < -0.3 is 11.5 Å². The molecule has 64 valence electrons. The highest BCUT2D eigenvalue weighted by Crippen LogP contribution is 2.13. The van der Waals surface area contributed by atoms with Crippen LogP contribution in [-0.4, -0.2) is 5.96 Å². The van der Waals surface area contributed by atoms with Crippen LogP contribution in [0.15, 0.2) is 29.3 Å². The van der Waals surface area contributed by atoms with Crippen molar-refractivity contribution in [1.29, 1.82) is 0 Å². The summed E-state index contributed by atoms with van der Waals surface area (Å²) < 4.78 is 0. The molecule has 0 aliphatic carbocycles. The van der Waals surface area contributed by atoms with E-state index in [1.165, 1.54) is 5.56 Å². The van der Waals surface area contributed by atoms with Crippen LogP contribution in [0.3, 0.4) is 0 Å². The number of nitrogens with two attached hydrogens (primary N) is 2. The Morgan fingerprint density at radius 2 is 2.17 bits per heavy atom. The van der Waals surface area contributed by atoms with Crippen molar-refractivity contribution in [3.05, 3.63) is 29.8 Å². The summed E-state index contributed by atoms with van der Waals surface area (Å²) in [5, 5.41) is 0. The molecule has 3 nitrogen and oxygen atoms in total. The highest BCUT2D eigenvalue weighted by molar-refractivity contribution is 5.79. The minimum absolute atomic E-state index is 0.100. The average Bonchev–Trinajstić information content (AvgIpc) is 2.03. The summed E-state index contributed by atoms with van der Waals surface area (Å²) in [6, 6.07) is 7.84. The van der Waals surface area contributed by atoms with Gasteiger partial charge in [0.1, 0.15) is 0 Å². The van der Waals surface area contributed by atoms with Gasteiger partial charge in [0.15, 0.2) is 5.96 Å². The summed E-state index contributed by atoms with van der Waals surface area (Å²) in [7, 11) is 0. The summed E-state index contributed by atoms with van der Waals surface area (Å²) in [6.07, 6.45) is 0.994. The monoisotopic (exact) mass is 163 g/mol. The molecule has 1 aromatic rings. The highest BCUT2D eigenvalue weighted by Gasteiger charge is 1.91. The van der Waals surface area contributed by atoms with E-state index < -0.39 is 0 Å². The van der Waals surface area contributed by atoms with E-state index >= 15 is 0 Å². The molecule has 0 heterocycles. The molecule has 0 saturated carbocycles. The van der Waals surface area contributed by atoms with Gasteiger partial charge in [0.2, 0.25) is 0 Å². The smallest absolute Gasteiger partial charge is 0.191 e. The lowest BCUT2D eigenvalue weighted by molar-refractivity contribution is 1.14. The Hall–Kier alpha value is -1.51. The minimum Gasteiger partial charge on any atom is -0.370 e. The maximum Gasteiger partial charge on any atom is 0.191 e. The SMILES string of the molecule is CCc1cccc(N=C(N)N)c1. The molecule has 4 N–H and O–H groups in total. The van der Waals surface area contributed by atoms with Gasteiger partial charge in [-0.15, -0.1) is 0 Å². The van der Waals surface area contributed by atoms with E-state index in [4.69, 9.17) is 11.5 Å². The van der Waals surface area contributed by atoms with Gasteiger partial charge in [-0.2, -0.15) is 0 Å². The molecule has 0 unspecified atom stereocenters. The van der Waals surface area contributed by atoms with E-state index in [9.17, 15) is 0 Å². The van der Waals surface area contributed by atoms with Crippen LogP contribution in [0.25, 0.3) is 0 Å². The zero-order valence-electron chi connectivity index (χ0n) is 7.12. The summed E-state index contributed by atoms with van der Waals surface area (Å²) in [5.74, 6) is 0.100. The van der Waals surface area contributed by atoms with Gasteiger partial charge in [0.05, 0.1) is 5.69 Å². The number of rotatable bonds is 2. The van der Waals surface area contributed by atoms with E-state index in [1.54, 1.807) is 0 Å². The molecule has 0 aromatic heterocycles. The van der Waals surface area contributed by atoms with E-state index in [0.29, 0.717) is 0 Å². The third-order valence-electron chi connectivity index (χ3n) is 1.58. The third-order valence-corrected chi connectivity index (χ3v) is 1.58. The Morgan fingerprint density at radius 3 is 2.75 bits per heavy atom. The average molecular weight is 163 g/mol. The zero-order valence-corrected chi connectivity index (χ0v) is 7.12. The Bertz CT molecular complexity index is 288. The van der Waals surface area contributed by atoms with Gasteiger partial charge in [0.25, 0.3) is 0 Å². The molecule has 0 amide bonds. The summed E-state index contributed by atoms with van der Waals surface area (Å²) in [6.45, 7) is 2.09. The van der Waals surface area contributed by atoms with Crippen LogP contribution in [0.5, 0.6) is 0 Å². The van der Waals surface area contributed by atoms with Crippen molar-refractivity contribution in [2.75, 3.05) is 0 Å². The molecule has 12 heavy (non-hydrogen) atoms. The Kier molecular flexibility index (Phi) is 2.69. The van der Waals surface area contributed by atoms with Crippen molar-refractivity contribution < 1.29 is 0 Å². The Morgan fingerprint density at radius 1 is 1.42 bits per heavy atom. The van der Waals surface area contributed by atoms with Gasteiger partial charge in [-0.3, -0.25) is 0 Å². The molecule has 0 spiro atoms. The molecule has 0 saturated heterocycles. The summed E-state index contributed by atoms with van der Waals surface area (Å²) >= 11 is 0. The number of benzene rings is 1. The number of hydrogen-bond donors (Lipinski definition) is 2. The van der Waals surface area contributed by atoms with Crippen molar-refractivity contribution in [2.24, 2.45) is 16.5 Å². The molecule has 0 radical (unpaired) electrons. The van der Waals surface area contributed by atoms with Crippen LogP contribution in [0, 0.1) is 0 Å². The zero-order chi connectivity index (χ0) is 8.97. The molecule has 0 aliphatic heterocycles. The largest absolute Gasteiger partial charge is 0.370 e. The molecule has 3 heteroatoms. The molecule has 0 aliphatic rings. The highest BCUT2D eigenvalue weighted by atomic mass is 15.0. The lowest BCUT2D eigenvalue weighted by Gasteiger charge is -1.98. The van der Waals surface area contributed by atoms with Crippen LogP contribution in [0.2, 0.25) is 0 Å². The molecule has 0 bridgehead atoms. The van der Waals surface area contributed by atoms with Crippen LogP contribution >= 0.6 is 0 Å². The topological polar surface area (TPSA) is 64.4 Å². The van der Waals surface area contributed by atoms with Crippen LogP contribution in [-0.2, 0) is 6.42 Å². The van der Waals surface area contributed by atoms with Gasteiger partial charge in [0, 0.05) is 0 Å². The first-order chi connectivity index (χ1) is 5.72. The van der Waals surface area contributed by atoms with E-state index in [0.717, 1.165) is 12.1 Å². The lowest BCUT2D eigenvalue weighted by atomic mass is 10.1. The molecule has 1 aromatic carbocycles. The van der Waals surface area contributed by atoms with E-state index in [-0.39, 0.29) is 5.96 Å². The number of hydrogen-bond acceptors (Lipinski definition) is 1. The molecular formula is C9H13N3. The second-order valence-electron chi connectivity index (χ2n) is 2.56. The molecule has 0 fully saturated rings. The van der Waals surface area contributed by atoms with Gasteiger partial charge >= 0.3 is 0 Å². The maximum atomic E-state index is 5.24. The first kappa shape index (κ1) is 8.59. The standard InChI is InChI=1S/C9H13N3/c1-2-7-4-3-5-8(6-7)12-9(10)11/h3-6H,2H2,1H3,(H4,10,11,12). The fourth-order valence-electron chi connectivity index (χ4n) is 0.995. The normalized spacial score (nSPS) is 9.42. The fourth-order valence-corrected chi connectivity index (χ4v) is 0.995. The Balaban J connectivity index is 2.94. The summed E-state index contributed by atoms with van der Waals surface area (Å²) in [5.41, 5.74) is 12.5. The van der Waals surface area contributed by atoms with Crippen molar-refractivity contribution in [2.45, 2.75) is 13.3 Å². The van der Waals surface area contributed by atoms with E-state index in [2.05, 4.69) is 11.9 Å². The molecule has 0 atom stereocenters. The van der Waals surface area contributed by atoms with Crippen molar-refractivity contribution in [3.8, 4) is 0 Å². The third kappa shape index (κ3) is 2.27. The lowest BCUT2D eigenvalue weighted by Crippen LogP contribution is -2.21. The van der Waals surface area contributed by atoms with Gasteiger partial charge in [-0.1, -0.05) is 19.1 Å². The Labute approximate surface area is 72.1 Å². The van der Waals surface area contributed by atoms with Gasteiger partial charge in [-0.05, 0) is 24.1 Å². The molecular weight excluding hydrogens is 150 g/mol. The first-order valence-corrected chi connectivity index (χ1v) is 3.91. The number of guanidine groups is 1. The molecule has 1 rings (SSSR count). The number of aryl methyl sites for hydroxylation is 1.